The van der Waals surface area contributed by atoms with E-state index in [4.69, 9.17) is 4.74 Å². The number of rotatable bonds is 9. The van der Waals surface area contributed by atoms with Gasteiger partial charge in [0.1, 0.15) is 5.82 Å². The van der Waals surface area contributed by atoms with Gasteiger partial charge in [0, 0.05) is 17.6 Å². The molecule has 1 aromatic carbocycles. The molecule has 0 radical (unpaired) electrons. The topological polar surface area (TPSA) is 61.7 Å². The summed E-state index contributed by atoms with van der Waals surface area (Å²) in [5, 5.41) is 22.1. The van der Waals surface area contributed by atoms with Crippen molar-refractivity contribution in [2.24, 2.45) is 0 Å². The van der Waals surface area contributed by atoms with Crippen LogP contribution >= 0.6 is 0 Å². The van der Waals surface area contributed by atoms with Crippen molar-refractivity contribution in [3.05, 3.63) is 35.6 Å². The molecular weight excluding hydrogens is 261 g/mol. The average Bonchev–Trinajstić information content (AvgIpc) is 2.47. The number of hydrogen-bond acceptors (Lipinski definition) is 4. The van der Waals surface area contributed by atoms with Gasteiger partial charge in [-0.2, -0.15) is 0 Å². The first-order chi connectivity index (χ1) is 9.50. The third-order valence-electron chi connectivity index (χ3n) is 3.42. The lowest BCUT2D eigenvalue weighted by molar-refractivity contribution is 0.0216. The van der Waals surface area contributed by atoms with E-state index in [0.29, 0.717) is 12.1 Å². The van der Waals surface area contributed by atoms with Crippen LogP contribution in [0.15, 0.2) is 24.3 Å². The Balaban J connectivity index is 2.27. The predicted molar refractivity (Wildman–Crippen MR) is 75.8 cm³/mol. The van der Waals surface area contributed by atoms with Gasteiger partial charge in [-0.1, -0.05) is 25.1 Å². The first-order valence-electron chi connectivity index (χ1n) is 6.86. The molecule has 2 unspecified atom stereocenters. The molecule has 0 heterocycles. The molecule has 5 heteroatoms. The Kier molecular flexibility index (Phi) is 7.09. The van der Waals surface area contributed by atoms with Crippen molar-refractivity contribution in [1.82, 2.24) is 5.32 Å². The van der Waals surface area contributed by atoms with Crippen molar-refractivity contribution in [3.8, 4) is 0 Å². The summed E-state index contributed by atoms with van der Waals surface area (Å²) in [6.45, 7) is 4.43. The summed E-state index contributed by atoms with van der Waals surface area (Å²) in [6.07, 6.45) is 0.0611. The van der Waals surface area contributed by atoms with Gasteiger partial charge in [-0.15, -0.1) is 0 Å². The zero-order valence-electron chi connectivity index (χ0n) is 12.1. The number of nitrogens with one attached hydrogen (secondary N) is 1. The van der Waals surface area contributed by atoms with E-state index in [1.165, 1.54) is 6.07 Å². The normalized spacial score (nSPS) is 15.8. The predicted octanol–water partition coefficient (Wildman–Crippen LogP) is 1.45. The van der Waals surface area contributed by atoms with E-state index in [-0.39, 0.29) is 25.6 Å². The van der Waals surface area contributed by atoms with Crippen molar-refractivity contribution in [2.45, 2.75) is 38.5 Å². The van der Waals surface area contributed by atoms with Crippen LogP contribution < -0.4 is 5.32 Å². The second-order valence-electron chi connectivity index (χ2n) is 5.21. The van der Waals surface area contributed by atoms with Crippen LogP contribution in [0.5, 0.6) is 0 Å². The Morgan fingerprint density at radius 2 is 2.10 bits per heavy atom. The smallest absolute Gasteiger partial charge is 0.128 e. The third-order valence-corrected chi connectivity index (χ3v) is 3.42. The zero-order valence-corrected chi connectivity index (χ0v) is 12.1. The second kappa shape index (κ2) is 8.32. The molecule has 4 nitrogen and oxygen atoms in total. The molecule has 3 N–H and O–H groups in total. The Morgan fingerprint density at radius 3 is 2.70 bits per heavy atom. The summed E-state index contributed by atoms with van der Waals surface area (Å²) in [5.41, 5.74) is 0.0772. The number of aliphatic hydroxyl groups excluding tert-OH is 2. The lowest BCUT2D eigenvalue weighted by Crippen LogP contribution is -2.48. The summed E-state index contributed by atoms with van der Waals surface area (Å²) < 4.78 is 18.6. The van der Waals surface area contributed by atoms with Crippen molar-refractivity contribution >= 4 is 0 Å². The number of aliphatic hydroxyl groups is 2. The third kappa shape index (κ3) is 5.54. The summed E-state index contributed by atoms with van der Waals surface area (Å²) in [6, 6.07) is 6.40. The molecule has 0 aliphatic rings. The maximum Gasteiger partial charge on any atom is 0.128 e. The Morgan fingerprint density at radius 1 is 1.40 bits per heavy atom. The molecule has 0 bridgehead atoms. The molecule has 2 atom stereocenters. The van der Waals surface area contributed by atoms with E-state index in [1.807, 2.05) is 13.8 Å². The molecule has 1 aromatic rings. The second-order valence-corrected chi connectivity index (χ2v) is 5.21. The summed E-state index contributed by atoms with van der Waals surface area (Å²) in [7, 11) is 0. The fourth-order valence-corrected chi connectivity index (χ4v) is 1.64. The van der Waals surface area contributed by atoms with Gasteiger partial charge in [0.05, 0.1) is 25.9 Å². The SMILES string of the molecule is CCC(C)(CO)NCC(O)COCc1ccccc1F. The van der Waals surface area contributed by atoms with Gasteiger partial charge in [-0.05, 0) is 19.4 Å². The first-order valence-corrected chi connectivity index (χ1v) is 6.86. The molecule has 1 rings (SSSR count). The molecule has 0 aliphatic heterocycles. The quantitative estimate of drug-likeness (QED) is 0.643. The van der Waals surface area contributed by atoms with Crippen LogP contribution in [0.3, 0.4) is 0 Å². The molecule has 0 aliphatic carbocycles. The van der Waals surface area contributed by atoms with Gasteiger partial charge in [0.25, 0.3) is 0 Å². The summed E-state index contributed by atoms with van der Waals surface area (Å²) in [4.78, 5) is 0. The van der Waals surface area contributed by atoms with Crippen molar-refractivity contribution < 1.29 is 19.3 Å². The van der Waals surface area contributed by atoms with E-state index in [9.17, 15) is 14.6 Å². The Bertz CT molecular complexity index is 396. The standard InChI is InChI=1S/C15H24FNO3/c1-3-15(2,11-18)17-8-13(19)10-20-9-12-6-4-5-7-14(12)16/h4-7,13,17-19H,3,8-11H2,1-2H3. The molecular formula is C15H24FNO3. The number of hydrogen-bond donors (Lipinski definition) is 3. The maximum absolute atomic E-state index is 13.3. The average molecular weight is 285 g/mol. The molecule has 20 heavy (non-hydrogen) atoms. The fourth-order valence-electron chi connectivity index (χ4n) is 1.64. The van der Waals surface area contributed by atoms with Gasteiger partial charge in [-0.3, -0.25) is 0 Å². The van der Waals surface area contributed by atoms with Gasteiger partial charge in [-0.25, -0.2) is 4.39 Å². The van der Waals surface area contributed by atoms with E-state index in [1.54, 1.807) is 18.2 Å². The minimum atomic E-state index is -0.695. The van der Waals surface area contributed by atoms with Crippen LogP contribution in [0.1, 0.15) is 25.8 Å². The summed E-state index contributed by atoms with van der Waals surface area (Å²) in [5.74, 6) is -0.307. The number of β-amino-alcohol motifs (C(OH)–C–C–N with tert-alkyl or cyclic N) is 1. The number of halogens is 1. The lowest BCUT2D eigenvalue weighted by Gasteiger charge is -2.28. The van der Waals surface area contributed by atoms with Crippen LogP contribution in [-0.2, 0) is 11.3 Å². The highest BCUT2D eigenvalue weighted by molar-refractivity contribution is 5.16. The van der Waals surface area contributed by atoms with Crippen LogP contribution in [-0.4, -0.2) is 41.6 Å². The first kappa shape index (κ1) is 17.0. The molecule has 0 fully saturated rings. The molecule has 114 valence electrons. The number of benzene rings is 1. The van der Waals surface area contributed by atoms with Crippen molar-refractivity contribution in [1.29, 1.82) is 0 Å². The largest absolute Gasteiger partial charge is 0.394 e. The Hall–Kier alpha value is -1.01. The minimum Gasteiger partial charge on any atom is -0.394 e. The minimum absolute atomic E-state index is 0.00625. The summed E-state index contributed by atoms with van der Waals surface area (Å²) >= 11 is 0. The van der Waals surface area contributed by atoms with Crippen molar-refractivity contribution in [2.75, 3.05) is 19.8 Å². The monoisotopic (exact) mass is 285 g/mol. The highest BCUT2D eigenvalue weighted by Crippen LogP contribution is 2.09. The van der Waals surface area contributed by atoms with Crippen molar-refractivity contribution in [3.63, 3.8) is 0 Å². The lowest BCUT2D eigenvalue weighted by atomic mass is 10.0. The van der Waals surface area contributed by atoms with Gasteiger partial charge >= 0.3 is 0 Å². The highest BCUT2D eigenvalue weighted by Gasteiger charge is 2.21. The maximum atomic E-state index is 13.3. The van der Waals surface area contributed by atoms with Gasteiger partial charge in [0.2, 0.25) is 0 Å². The fraction of sp³-hybridized carbons (Fsp3) is 0.600. The van der Waals surface area contributed by atoms with E-state index in [2.05, 4.69) is 5.32 Å². The van der Waals surface area contributed by atoms with Crippen LogP contribution in [0.2, 0.25) is 0 Å². The molecule has 0 saturated heterocycles. The highest BCUT2D eigenvalue weighted by atomic mass is 19.1. The molecule has 0 amide bonds. The van der Waals surface area contributed by atoms with E-state index in [0.717, 1.165) is 6.42 Å². The van der Waals surface area contributed by atoms with Gasteiger partial charge in [0.15, 0.2) is 0 Å². The van der Waals surface area contributed by atoms with Crippen LogP contribution in [0.25, 0.3) is 0 Å². The van der Waals surface area contributed by atoms with E-state index >= 15 is 0 Å². The van der Waals surface area contributed by atoms with E-state index < -0.39 is 11.6 Å². The van der Waals surface area contributed by atoms with Crippen LogP contribution in [0, 0.1) is 5.82 Å². The van der Waals surface area contributed by atoms with Gasteiger partial charge < -0.3 is 20.3 Å². The Labute approximate surface area is 119 Å². The number of ether oxygens (including phenoxy) is 1. The molecule has 0 saturated carbocycles. The molecule has 0 aromatic heterocycles. The zero-order chi connectivity index (χ0) is 15.0. The van der Waals surface area contributed by atoms with Crippen LogP contribution in [0.4, 0.5) is 4.39 Å². The molecule has 0 spiro atoms.